The third-order valence-corrected chi connectivity index (χ3v) is 5.14. The molecule has 0 saturated carbocycles. The molecular weight excluding hydrogens is 361 g/mol. The second kappa shape index (κ2) is 7.33. The summed E-state index contributed by atoms with van der Waals surface area (Å²) in [6.07, 6.45) is 2.69. The molecule has 0 aromatic heterocycles. The molecular formula is C21H20F5N. The Balaban J connectivity index is 2.09. The lowest BCUT2D eigenvalue weighted by atomic mass is 9.93. The van der Waals surface area contributed by atoms with Crippen molar-refractivity contribution in [2.24, 2.45) is 0 Å². The molecule has 1 aromatic rings. The Morgan fingerprint density at radius 1 is 0.926 bits per heavy atom. The second-order valence-electron chi connectivity index (χ2n) is 6.97. The molecule has 0 spiro atoms. The minimum atomic E-state index is -1.32. The van der Waals surface area contributed by atoms with Gasteiger partial charge in [0, 0.05) is 24.1 Å². The SMILES string of the molecule is CC1=C(F)CC(N(c2ccc(C)c(F)c2)C2CC(F)=C(C)C(F)=C2F)C=C1. The maximum Gasteiger partial charge on any atom is 0.162 e. The van der Waals surface area contributed by atoms with Gasteiger partial charge < -0.3 is 4.90 Å². The lowest BCUT2D eigenvalue weighted by Gasteiger charge is -2.40. The van der Waals surface area contributed by atoms with E-state index in [2.05, 4.69) is 0 Å². The highest BCUT2D eigenvalue weighted by atomic mass is 19.2. The zero-order valence-electron chi connectivity index (χ0n) is 15.3. The Kier molecular flexibility index (Phi) is 5.27. The molecule has 1 nitrogen and oxygen atoms in total. The Morgan fingerprint density at radius 2 is 1.63 bits per heavy atom. The van der Waals surface area contributed by atoms with Crippen LogP contribution >= 0.6 is 0 Å². The summed E-state index contributed by atoms with van der Waals surface area (Å²) in [5.41, 5.74) is 0.682. The molecule has 0 amide bonds. The van der Waals surface area contributed by atoms with Crippen LogP contribution < -0.4 is 4.90 Å². The highest BCUT2D eigenvalue weighted by molar-refractivity contribution is 5.55. The van der Waals surface area contributed by atoms with Crippen molar-refractivity contribution in [3.8, 4) is 0 Å². The average Bonchev–Trinajstić information content (AvgIpc) is 2.63. The number of hydrogen-bond acceptors (Lipinski definition) is 1. The van der Waals surface area contributed by atoms with Crippen LogP contribution in [-0.2, 0) is 0 Å². The average molecular weight is 381 g/mol. The first-order valence-electron chi connectivity index (χ1n) is 8.69. The van der Waals surface area contributed by atoms with Gasteiger partial charge in [-0.15, -0.1) is 0 Å². The van der Waals surface area contributed by atoms with Crippen LogP contribution in [0.5, 0.6) is 0 Å². The van der Waals surface area contributed by atoms with Crippen molar-refractivity contribution in [1.29, 1.82) is 0 Å². The number of hydrogen-bond donors (Lipinski definition) is 0. The summed E-state index contributed by atoms with van der Waals surface area (Å²) in [4.78, 5) is 1.35. The summed E-state index contributed by atoms with van der Waals surface area (Å²) in [6, 6.07) is 2.20. The van der Waals surface area contributed by atoms with E-state index in [1.165, 1.54) is 24.0 Å². The van der Waals surface area contributed by atoms with Gasteiger partial charge in [0.1, 0.15) is 17.5 Å². The lowest BCUT2D eigenvalue weighted by molar-refractivity contribution is 0.399. The van der Waals surface area contributed by atoms with E-state index in [4.69, 9.17) is 0 Å². The monoisotopic (exact) mass is 381 g/mol. The van der Waals surface area contributed by atoms with E-state index in [-0.39, 0.29) is 17.7 Å². The molecule has 27 heavy (non-hydrogen) atoms. The Hall–Kier alpha value is -2.37. The first-order valence-corrected chi connectivity index (χ1v) is 8.69. The minimum Gasteiger partial charge on any atom is -0.355 e. The van der Waals surface area contributed by atoms with Gasteiger partial charge in [0.05, 0.1) is 12.1 Å². The summed E-state index contributed by atoms with van der Waals surface area (Å²) in [6.45, 7) is 4.34. The predicted molar refractivity (Wildman–Crippen MR) is 96.4 cm³/mol. The Morgan fingerprint density at radius 3 is 2.26 bits per heavy atom. The number of halogens is 5. The normalized spacial score (nSPS) is 23.4. The van der Waals surface area contributed by atoms with Gasteiger partial charge in [0.15, 0.2) is 11.7 Å². The van der Waals surface area contributed by atoms with Crippen LogP contribution in [0.25, 0.3) is 0 Å². The molecule has 2 unspecified atom stereocenters. The summed E-state index contributed by atoms with van der Waals surface area (Å²) < 4.78 is 71.5. The number of anilines is 1. The molecule has 0 aliphatic heterocycles. The van der Waals surface area contributed by atoms with E-state index in [9.17, 15) is 22.0 Å². The quantitative estimate of drug-likeness (QED) is 0.528. The van der Waals surface area contributed by atoms with Crippen LogP contribution in [0, 0.1) is 12.7 Å². The number of benzene rings is 1. The number of rotatable bonds is 3. The summed E-state index contributed by atoms with van der Waals surface area (Å²) in [7, 11) is 0. The van der Waals surface area contributed by atoms with Gasteiger partial charge in [0.2, 0.25) is 0 Å². The maximum atomic E-state index is 14.7. The molecule has 1 aromatic carbocycles. The second-order valence-corrected chi connectivity index (χ2v) is 6.97. The van der Waals surface area contributed by atoms with Gasteiger partial charge >= 0.3 is 0 Å². The molecule has 2 aliphatic rings. The van der Waals surface area contributed by atoms with Crippen molar-refractivity contribution in [1.82, 2.24) is 0 Å². The number of nitrogens with zero attached hydrogens (tertiary/aromatic N) is 1. The largest absolute Gasteiger partial charge is 0.355 e. The molecule has 0 radical (unpaired) electrons. The van der Waals surface area contributed by atoms with Crippen LogP contribution in [0.2, 0.25) is 0 Å². The maximum absolute atomic E-state index is 14.7. The van der Waals surface area contributed by atoms with E-state index in [0.717, 1.165) is 0 Å². The van der Waals surface area contributed by atoms with Crippen molar-refractivity contribution >= 4 is 5.69 Å². The fourth-order valence-electron chi connectivity index (χ4n) is 3.37. The van der Waals surface area contributed by atoms with Crippen LogP contribution in [0.1, 0.15) is 32.3 Å². The van der Waals surface area contributed by atoms with Crippen LogP contribution in [0.15, 0.2) is 64.8 Å². The van der Waals surface area contributed by atoms with Crippen LogP contribution in [0.3, 0.4) is 0 Å². The summed E-state index contributed by atoms with van der Waals surface area (Å²) in [5, 5.41) is 0. The van der Waals surface area contributed by atoms with Crippen molar-refractivity contribution < 1.29 is 22.0 Å². The zero-order chi connectivity index (χ0) is 19.9. The van der Waals surface area contributed by atoms with E-state index in [1.54, 1.807) is 32.1 Å². The molecule has 0 heterocycles. The van der Waals surface area contributed by atoms with Crippen molar-refractivity contribution in [2.45, 2.75) is 45.7 Å². The summed E-state index contributed by atoms with van der Waals surface area (Å²) >= 11 is 0. The smallest absolute Gasteiger partial charge is 0.162 e. The van der Waals surface area contributed by atoms with Gasteiger partial charge in [-0.3, -0.25) is 0 Å². The van der Waals surface area contributed by atoms with E-state index >= 15 is 0 Å². The third-order valence-electron chi connectivity index (χ3n) is 5.14. The fraction of sp³-hybridized carbons (Fsp3) is 0.333. The Bertz CT molecular complexity index is 894. The standard InChI is InChI=1S/C21H20F5N/c1-11-4-6-14(8-16(11)22)27(15-7-5-12(2)17(23)9-15)19-10-18(24)13(3)20(25)21(19)26/h4-8,15,19H,9-10H2,1-3H3. The topological polar surface area (TPSA) is 3.24 Å². The van der Waals surface area contributed by atoms with Crippen molar-refractivity contribution in [3.63, 3.8) is 0 Å². The zero-order valence-corrected chi connectivity index (χ0v) is 15.3. The van der Waals surface area contributed by atoms with Gasteiger partial charge in [-0.2, -0.15) is 0 Å². The van der Waals surface area contributed by atoms with Crippen molar-refractivity contribution in [2.75, 3.05) is 4.90 Å². The first kappa shape index (κ1) is 19.4. The Labute approximate surface area is 155 Å². The molecule has 0 bridgehead atoms. The van der Waals surface area contributed by atoms with E-state index < -0.39 is 47.6 Å². The lowest BCUT2D eigenvalue weighted by Crippen LogP contribution is -2.45. The number of aryl methyl sites for hydroxylation is 1. The highest BCUT2D eigenvalue weighted by Crippen LogP contribution is 2.40. The van der Waals surface area contributed by atoms with E-state index in [1.807, 2.05) is 0 Å². The number of allylic oxidation sites excluding steroid dienone is 4. The molecule has 0 saturated heterocycles. The molecule has 144 valence electrons. The first-order chi connectivity index (χ1) is 12.7. The third kappa shape index (κ3) is 3.57. The van der Waals surface area contributed by atoms with Crippen molar-refractivity contribution in [3.05, 3.63) is 76.2 Å². The summed E-state index contributed by atoms with van der Waals surface area (Å²) in [5.74, 6) is -4.09. The molecule has 0 fully saturated rings. The van der Waals surface area contributed by atoms with Gasteiger partial charge in [-0.1, -0.05) is 18.2 Å². The van der Waals surface area contributed by atoms with E-state index in [0.29, 0.717) is 11.1 Å². The van der Waals surface area contributed by atoms with Gasteiger partial charge in [-0.25, -0.2) is 22.0 Å². The van der Waals surface area contributed by atoms with Crippen LogP contribution in [0.4, 0.5) is 27.6 Å². The molecule has 3 rings (SSSR count). The minimum absolute atomic E-state index is 0.0897. The van der Waals surface area contributed by atoms with Crippen LogP contribution in [-0.4, -0.2) is 12.1 Å². The highest BCUT2D eigenvalue weighted by Gasteiger charge is 2.37. The van der Waals surface area contributed by atoms with Gasteiger partial charge in [0.25, 0.3) is 0 Å². The molecule has 0 N–H and O–H groups in total. The predicted octanol–water partition coefficient (Wildman–Crippen LogP) is 6.68. The van der Waals surface area contributed by atoms with Gasteiger partial charge in [-0.05, 0) is 44.0 Å². The molecule has 2 aliphatic carbocycles. The molecule has 2 atom stereocenters. The fourth-order valence-corrected chi connectivity index (χ4v) is 3.37. The molecule has 6 heteroatoms.